The normalized spacial score (nSPS) is 12.2. The number of hydrogen-bond donors (Lipinski definition) is 0. The van der Waals surface area contributed by atoms with Gasteiger partial charge in [-0.1, -0.05) is 41.6 Å². The first kappa shape index (κ1) is 12.5. The second-order valence-electron chi connectivity index (χ2n) is 4.72. The van der Waals surface area contributed by atoms with Crippen LogP contribution < -0.4 is 0 Å². The van der Waals surface area contributed by atoms with Crippen LogP contribution in [0.3, 0.4) is 0 Å². The van der Waals surface area contributed by atoms with E-state index in [4.69, 9.17) is 4.52 Å². The number of hydrogen-bond acceptors (Lipinski definition) is 4. The summed E-state index contributed by atoms with van der Waals surface area (Å²) in [4.78, 5) is 8.56. The predicted molar refractivity (Wildman–Crippen MR) is 75.3 cm³/mol. The van der Waals surface area contributed by atoms with Crippen molar-refractivity contribution >= 4 is 0 Å². The van der Waals surface area contributed by atoms with Crippen LogP contribution in [0.5, 0.6) is 0 Å². The lowest BCUT2D eigenvalue weighted by molar-refractivity contribution is 0.366. The fourth-order valence-electron chi connectivity index (χ4n) is 2.08. The minimum absolute atomic E-state index is 0.103. The molecule has 0 saturated heterocycles. The first-order valence-electron chi connectivity index (χ1n) is 6.59. The summed E-state index contributed by atoms with van der Waals surface area (Å²) in [6.07, 6.45) is 4.21. The molecule has 0 saturated carbocycles. The lowest BCUT2D eigenvalue weighted by Gasteiger charge is -2.05. The minimum atomic E-state index is 0.103. The standard InChI is InChI=1S/C16H15N3O/c1-12(14-7-3-2-4-8-14)16-18-15(19-20-16)10-13-6-5-9-17-11-13/h2-9,11-12H,10H2,1H3/t12-/m0/s1. The van der Waals surface area contributed by atoms with Crippen molar-refractivity contribution in [2.75, 3.05) is 0 Å². The molecule has 0 aliphatic rings. The first-order chi connectivity index (χ1) is 9.83. The molecule has 2 aromatic heterocycles. The highest BCUT2D eigenvalue weighted by molar-refractivity contribution is 5.23. The maximum atomic E-state index is 5.37. The molecule has 100 valence electrons. The largest absolute Gasteiger partial charge is 0.339 e. The number of rotatable bonds is 4. The molecule has 0 fully saturated rings. The summed E-state index contributed by atoms with van der Waals surface area (Å²) in [5, 5.41) is 4.04. The molecule has 0 N–H and O–H groups in total. The number of benzene rings is 1. The van der Waals surface area contributed by atoms with Gasteiger partial charge in [0.15, 0.2) is 5.82 Å². The average Bonchev–Trinajstić information content (AvgIpc) is 2.97. The molecule has 0 amide bonds. The van der Waals surface area contributed by atoms with Crippen molar-refractivity contribution in [1.82, 2.24) is 15.1 Å². The van der Waals surface area contributed by atoms with E-state index in [1.807, 2.05) is 36.5 Å². The van der Waals surface area contributed by atoms with Crippen LogP contribution in [0.4, 0.5) is 0 Å². The van der Waals surface area contributed by atoms with E-state index in [0.29, 0.717) is 18.1 Å². The van der Waals surface area contributed by atoms with Crippen molar-refractivity contribution in [2.24, 2.45) is 0 Å². The molecule has 0 aliphatic carbocycles. The SMILES string of the molecule is C[C@@H](c1ccccc1)c1nc(Cc2cccnc2)no1. The maximum Gasteiger partial charge on any atom is 0.233 e. The van der Waals surface area contributed by atoms with Gasteiger partial charge < -0.3 is 4.52 Å². The summed E-state index contributed by atoms with van der Waals surface area (Å²) in [5.74, 6) is 1.44. The fraction of sp³-hybridized carbons (Fsp3) is 0.188. The highest BCUT2D eigenvalue weighted by atomic mass is 16.5. The molecular weight excluding hydrogens is 250 g/mol. The Morgan fingerprint density at radius 2 is 1.95 bits per heavy atom. The van der Waals surface area contributed by atoms with Crippen LogP contribution in [0.25, 0.3) is 0 Å². The van der Waals surface area contributed by atoms with Crippen molar-refractivity contribution in [3.05, 3.63) is 77.7 Å². The number of pyridine rings is 1. The van der Waals surface area contributed by atoms with Gasteiger partial charge in [-0.05, 0) is 24.1 Å². The molecule has 1 atom stereocenters. The van der Waals surface area contributed by atoms with Crippen LogP contribution in [-0.2, 0) is 6.42 Å². The van der Waals surface area contributed by atoms with Crippen molar-refractivity contribution < 1.29 is 4.52 Å². The summed E-state index contributed by atoms with van der Waals surface area (Å²) in [6.45, 7) is 2.07. The van der Waals surface area contributed by atoms with Gasteiger partial charge in [0.2, 0.25) is 5.89 Å². The molecule has 4 nitrogen and oxygen atoms in total. The predicted octanol–water partition coefficient (Wildman–Crippen LogP) is 3.21. The zero-order chi connectivity index (χ0) is 13.8. The molecule has 2 heterocycles. The van der Waals surface area contributed by atoms with Crippen LogP contribution in [0.2, 0.25) is 0 Å². The van der Waals surface area contributed by atoms with Gasteiger partial charge in [0.1, 0.15) is 0 Å². The van der Waals surface area contributed by atoms with E-state index in [1.165, 1.54) is 5.56 Å². The maximum absolute atomic E-state index is 5.37. The van der Waals surface area contributed by atoms with E-state index in [2.05, 4.69) is 34.2 Å². The van der Waals surface area contributed by atoms with Crippen molar-refractivity contribution in [2.45, 2.75) is 19.3 Å². The van der Waals surface area contributed by atoms with E-state index < -0.39 is 0 Å². The third kappa shape index (κ3) is 2.74. The second kappa shape index (κ2) is 5.65. The summed E-state index contributed by atoms with van der Waals surface area (Å²) in [6, 6.07) is 14.1. The molecular formula is C16H15N3O. The van der Waals surface area contributed by atoms with Crippen molar-refractivity contribution in [3.8, 4) is 0 Å². The van der Waals surface area contributed by atoms with Gasteiger partial charge in [0, 0.05) is 18.8 Å². The number of nitrogens with zero attached hydrogens (tertiary/aromatic N) is 3. The van der Waals surface area contributed by atoms with Crippen LogP contribution in [0.15, 0.2) is 59.4 Å². The van der Waals surface area contributed by atoms with E-state index >= 15 is 0 Å². The van der Waals surface area contributed by atoms with Crippen LogP contribution in [0.1, 0.15) is 35.7 Å². The highest BCUT2D eigenvalue weighted by Crippen LogP contribution is 2.22. The third-order valence-corrected chi connectivity index (χ3v) is 3.24. The Labute approximate surface area is 117 Å². The van der Waals surface area contributed by atoms with Gasteiger partial charge in [0.05, 0.1) is 5.92 Å². The van der Waals surface area contributed by atoms with Gasteiger partial charge in [-0.15, -0.1) is 0 Å². The van der Waals surface area contributed by atoms with Gasteiger partial charge >= 0.3 is 0 Å². The average molecular weight is 265 g/mol. The Morgan fingerprint density at radius 3 is 2.70 bits per heavy atom. The topological polar surface area (TPSA) is 51.8 Å². The summed E-state index contributed by atoms with van der Waals surface area (Å²) < 4.78 is 5.37. The second-order valence-corrected chi connectivity index (χ2v) is 4.72. The van der Waals surface area contributed by atoms with E-state index in [0.717, 1.165) is 5.56 Å². The van der Waals surface area contributed by atoms with Gasteiger partial charge in [-0.3, -0.25) is 4.98 Å². The molecule has 0 aliphatic heterocycles. The lowest BCUT2D eigenvalue weighted by Crippen LogP contribution is -1.97. The molecule has 0 radical (unpaired) electrons. The monoisotopic (exact) mass is 265 g/mol. The van der Waals surface area contributed by atoms with Crippen LogP contribution in [-0.4, -0.2) is 15.1 Å². The van der Waals surface area contributed by atoms with Crippen LogP contribution >= 0.6 is 0 Å². The summed E-state index contributed by atoms with van der Waals surface area (Å²) in [7, 11) is 0. The Morgan fingerprint density at radius 1 is 1.10 bits per heavy atom. The molecule has 0 spiro atoms. The Balaban J connectivity index is 1.77. The van der Waals surface area contributed by atoms with Crippen molar-refractivity contribution in [1.29, 1.82) is 0 Å². The fourth-order valence-corrected chi connectivity index (χ4v) is 2.08. The minimum Gasteiger partial charge on any atom is -0.339 e. The lowest BCUT2D eigenvalue weighted by atomic mass is 10.0. The molecule has 20 heavy (non-hydrogen) atoms. The molecule has 0 bridgehead atoms. The molecule has 1 aromatic carbocycles. The van der Waals surface area contributed by atoms with Crippen molar-refractivity contribution in [3.63, 3.8) is 0 Å². The summed E-state index contributed by atoms with van der Waals surface area (Å²) >= 11 is 0. The van der Waals surface area contributed by atoms with E-state index in [1.54, 1.807) is 6.20 Å². The smallest absolute Gasteiger partial charge is 0.233 e. The van der Waals surface area contributed by atoms with Gasteiger partial charge in [-0.25, -0.2) is 0 Å². The third-order valence-electron chi connectivity index (χ3n) is 3.24. The van der Waals surface area contributed by atoms with E-state index in [9.17, 15) is 0 Å². The Kier molecular flexibility index (Phi) is 3.54. The molecule has 3 aromatic rings. The summed E-state index contributed by atoms with van der Waals surface area (Å²) in [5.41, 5.74) is 2.25. The van der Waals surface area contributed by atoms with E-state index in [-0.39, 0.29) is 5.92 Å². The van der Waals surface area contributed by atoms with Gasteiger partial charge in [-0.2, -0.15) is 4.98 Å². The zero-order valence-corrected chi connectivity index (χ0v) is 11.2. The number of aromatic nitrogens is 3. The molecule has 4 heteroatoms. The Hall–Kier alpha value is -2.49. The Bertz CT molecular complexity index is 664. The molecule has 0 unspecified atom stereocenters. The highest BCUT2D eigenvalue weighted by Gasteiger charge is 2.16. The zero-order valence-electron chi connectivity index (χ0n) is 11.2. The quantitative estimate of drug-likeness (QED) is 0.727. The van der Waals surface area contributed by atoms with Gasteiger partial charge in [0.25, 0.3) is 0 Å². The first-order valence-corrected chi connectivity index (χ1v) is 6.59. The van der Waals surface area contributed by atoms with Crippen LogP contribution in [0, 0.1) is 0 Å². The molecule has 3 rings (SSSR count).